The standard InChI is InChI=1S/C14H23N3O2/c1-10(2)16-14(5,9-15)6-7-17-11(18)8-13(3,4)12(17)19/h10,16H,6-8H2,1-5H3. The first-order valence-corrected chi connectivity index (χ1v) is 6.65. The van der Waals surface area contributed by atoms with Crippen molar-refractivity contribution in [1.82, 2.24) is 10.2 Å². The molecule has 2 amide bonds. The maximum absolute atomic E-state index is 12.1. The monoisotopic (exact) mass is 265 g/mol. The molecule has 5 nitrogen and oxygen atoms in total. The predicted octanol–water partition coefficient (Wildman–Crippen LogP) is 1.44. The molecular formula is C14H23N3O2. The Hall–Kier alpha value is -1.41. The number of hydrogen-bond acceptors (Lipinski definition) is 4. The summed E-state index contributed by atoms with van der Waals surface area (Å²) in [6.07, 6.45) is 0.696. The van der Waals surface area contributed by atoms with E-state index in [4.69, 9.17) is 0 Å². The minimum atomic E-state index is -0.721. The van der Waals surface area contributed by atoms with Gasteiger partial charge in [0.15, 0.2) is 0 Å². The summed E-state index contributed by atoms with van der Waals surface area (Å²) in [4.78, 5) is 25.2. The summed E-state index contributed by atoms with van der Waals surface area (Å²) in [7, 11) is 0. The van der Waals surface area contributed by atoms with Crippen LogP contribution in [0.3, 0.4) is 0 Å². The van der Waals surface area contributed by atoms with Crippen LogP contribution in [0.25, 0.3) is 0 Å². The molecule has 1 fully saturated rings. The van der Waals surface area contributed by atoms with E-state index in [1.54, 1.807) is 20.8 Å². The molecule has 0 saturated carbocycles. The molecule has 5 heteroatoms. The highest BCUT2D eigenvalue weighted by Crippen LogP contribution is 2.32. The summed E-state index contributed by atoms with van der Waals surface area (Å²) in [6, 6.07) is 2.40. The smallest absolute Gasteiger partial charge is 0.235 e. The SMILES string of the molecule is CC(C)NC(C)(C#N)CCN1C(=O)CC(C)(C)C1=O. The second kappa shape index (κ2) is 5.30. The van der Waals surface area contributed by atoms with E-state index < -0.39 is 11.0 Å². The Labute approximate surface area is 115 Å². The zero-order valence-corrected chi connectivity index (χ0v) is 12.4. The van der Waals surface area contributed by atoms with Gasteiger partial charge in [0, 0.05) is 19.0 Å². The average molecular weight is 265 g/mol. The molecule has 1 heterocycles. The molecule has 0 aromatic rings. The fourth-order valence-electron chi connectivity index (χ4n) is 2.39. The summed E-state index contributed by atoms with van der Waals surface area (Å²) in [5, 5.41) is 12.4. The van der Waals surface area contributed by atoms with Gasteiger partial charge in [0.25, 0.3) is 0 Å². The van der Waals surface area contributed by atoms with Gasteiger partial charge < -0.3 is 0 Å². The number of likely N-dealkylation sites (tertiary alicyclic amines) is 1. The van der Waals surface area contributed by atoms with E-state index in [0.29, 0.717) is 13.0 Å². The van der Waals surface area contributed by atoms with Crippen LogP contribution in [0.1, 0.15) is 47.5 Å². The maximum Gasteiger partial charge on any atom is 0.235 e. The number of carbonyl (C=O) groups excluding carboxylic acids is 2. The van der Waals surface area contributed by atoms with Crippen molar-refractivity contribution in [3.8, 4) is 6.07 Å². The molecule has 1 unspecified atom stereocenters. The van der Waals surface area contributed by atoms with E-state index in [2.05, 4.69) is 11.4 Å². The van der Waals surface area contributed by atoms with E-state index >= 15 is 0 Å². The lowest BCUT2D eigenvalue weighted by atomic mass is 9.92. The van der Waals surface area contributed by atoms with E-state index in [9.17, 15) is 14.9 Å². The van der Waals surface area contributed by atoms with Crippen molar-refractivity contribution in [2.24, 2.45) is 5.41 Å². The Morgan fingerprint density at radius 2 is 2.05 bits per heavy atom. The molecule has 1 atom stereocenters. The fourth-order valence-corrected chi connectivity index (χ4v) is 2.39. The van der Waals surface area contributed by atoms with Crippen LogP contribution in [0.2, 0.25) is 0 Å². The van der Waals surface area contributed by atoms with Crippen molar-refractivity contribution in [3.63, 3.8) is 0 Å². The molecule has 1 aliphatic rings. The highest BCUT2D eigenvalue weighted by atomic mass is 16.2. The molecule has 0 aromatic carbocycles. The van der Waals surface area contributed by atoms with Crippen molar-refractivity contribution in [2.45, 2.75) is 59.0 Å². The molecule has 1 rings (SSSR count). The first kappa shape index (κ1) is 15.6. The van der Waals surface area contributed by atoms with Gasteiger partial charge in [-0.25, -0.2) is 0 Å². The van der Waals surface area contributed by atoms with Crippen molar-refractivity contribution in [3.05, 3.63) is 0 Å². The molecule has 1 saturated heterocycles. The second-order valence-electron chi connectivity index (χ2n) is 6.40. The van der Waals surface area contributed by atoms with Crippen LogP contribution in [-0.4, -0.2) is 34.8 Å². The van der Waals surface area contributed by atoms with E-state index in [1.165, 1.54) is 4.90 Å². The molecule has 0 aromatic heterocycles. The van der Waals surface area contributed by atoms with Crippen LogP contribution >= 0.6 is 0 Å². The molecule has 106 valence electrons. The van der Waals surface area contributed by atoms with Gasteiger partial charge in [-0.15, -0.1) is 0 Å². The third-order valence-electron chi connectivity index (χ3n) is 3.41. The first-order valence-electron chi connectivity index (χ1n) is 6.65. The molecule has 1 N–H and O–H groups in total. The maximum atomic E-state index is 12.1. The first-order chi connectivity index (χ1) is 8.61. The van der Waals surface area contributed by atoms with E-state index in [0.717, 1.165) is 0 Å². The normalized spacial score (nSPS) is 21.6. The minimum Gasteiger partial charge on any atom is -0.297 e. The highest BCUT2D eigenvalue weighted by molar-refractivity contribution is 6.05. The average Bonchev–Trinajstić information content (AvgIpc) is 2.45. The van der Waals surface area contributed by atoms with Crippen molar-refractivity contribution >= 4 is 11.8 Å². The van der Waals surface area contributed by atoms with Gasteiger partial charge in [0.05, 0.1) is 11.5 Å². The summed E-state index contributed by atoms with van der Waals surface area (Å²) in [5.41, 5.74) is -1.33. The Bertz CT molecular complexity index is 423. The van der Waals surface area contributed by atoms with E-state index in [1.807, 2.05) is 13.8 Å². The van der Waals surface area contributed by atoms with Gasteiger partial charge in [-0.05, 0) is 27.2 Å². The Morgan fingerprint density at radius 3 is 2.42 bits per heavy atom. The van der Waals surface area contributed by atoms with Gasteiger partial charge in [-0.2, -0.15) is 5.26 Å². The van der Waals surface area contributed by atoms with Crippen LogP contribution in [-0.2, 0) is 9.59 Å². The van der Waals surface area contributed by atoms with Crippen LogP contribution in [0.15, 0.2) is 0 Å². The van der Waals surface area contributed by atoms with Crippen LogP contribution in [0.5, 0.6) is 0 Å². The van der Waals surface area contributed by atoms with Crippen LogP contribution in [0, 0.1) is 16.7 Å². The highest BCUT2D eigenvalue weighted by Gasteiger charge is 2.45. The van der Waals surface area contributed by atoms with Gasteiger partial charge in [0.2, 0.25) is 11.8 Å². The lowest BCUT2D eigenvalue weighted by Gasteiger charge is -2.28. The summed E-state index contributed by atoms with van der Waals surface area (Å²) >= 11 is 0. The third-order valence-corrected chi connectivity index (χ3v) is 3.41. The number of imide groups is 1. The fraction of sp³-hybridized carbons (Fsp3) is 0.786. The van der Waals surface area contributed by atoms with Crippen LogP contribution in [0.4, 0.5) is 0 Å². The van der Waals surface area contributed by atoms with Crippen molar-refractivity contribution < 1.29 is 9.59 Å². The Morgan fingerprint density at radius 1 is 1.47 bits per heavy atom. The minimum absolute atomic E-state index is 0.137. The van der Waals surface area contributed by atoms with Gasteiger partial charge >= 0.3 is 0 Å². The zero-order chi connectivity index (χ0) is 14.8. The van der Waals surface area contributed by atoms with Gasteiger partial charge in [-0.3, -0.25) is 19.8 Å². The number of nitrogens with zero attached hydrogens (tertiary/aromatic N) is 2. The lowest BCUT2D eigenvalue weighted by Crippen LogP contribution is -2.48. The number of hydrogen-bond donors (Lipinski definition) is 1. The Kier molecular flexibility index (Phi) is 4.36. The quantitative estimate of drug-likeness (QED) is 0.763. The largest absolute Gasteiger partial charge is 0.297 e. The molecule has 1 aliphatic heterocycles. The van der Waals surface area contributed by atoms with Gasteiger partial charge in [0.1, 0.15) is 5.54 Å². The Balaban J connectivity index is 2.69. The van der Waals surface area contributed by atoms with Crippen LogP contribution < -0.4 is 5.32 Å². The molecule has 0 bridgehead atoms. The summed E-state index contributed by atoms with van der Waals surface area (Å²) < 4.78 is 0. The topological polar surface area (TPSA) is 73.2 Å². The molecule has 0 radical (unpaired) electrons. The second-order valence-corrected chi connectivity index (χ2v) is 6.40. The molecule has 0 aliphatic carbocycles. The van der Waals surface area contributed by atoms with Crippen molar-refractivity contribution in [2.75, 3.05) is 6.54 Å². The number of amides is 2. The summed E-state index contributed by atoms with van der Waals surface area (Å²) in [6.45, 7) is 9.58. The molecular weight excluding hydrogens is 242 g/mol. The predicted molar refractivity (Wildman–Crippen MR) is 72.0 cm³/mol. The van der Waals surface area contributed by atoms with Gasteiger partial charge in [-0.1, -0.05) is 13.8 Å². The zero-order valence-electron chi connectivity index (χ0n) is 12.4. The van der Waals surface area contributed by atoms with Crippen molar-refractivity contribution in [1.29, 1.82) is 5.26 Å². The lowest BCUT2D eigenvalue weighted by molar-refractivity contribution is -0.140. The number of rotatable bonds is 5. The van der Waals surface area contributed by atoms with E-state index in [-0.39, 0.29) is 24.3 Å². The summed E-state index contributed by atoms with van der Waals surface area (Å²) in [5.74, 6) is -0.276. The number of nitriles is 1. The molecule has 19 heavy (non-hydrogen) atoms. The molecule has 0 spiro atoms. The number of carbonyl (C=O) groups is 2. The third kappa shape index (κ3) is 3.54. The number of nitrogens with one attached hydrogen (secondary N) is 1.